The van der Waals surface area contributed by atoms with Gasteiger partial charge in [-0.3, -0.25) is 14.5 Å². The molecule has 0 fully saturated rings. The number of unbranched alkanes of at least 4 members (excludes halogenated alkanes) is 1. The SMILES string of the molecule is CCCCn1c(S[C@@H](C)C(=O)Nc2ccc(C(C)=O)cc2)nnc1[C@@H](CC)N(C)C. The van der Waals surface area contributed by atoms with Gasteiger partial charge in [-0.1, -0.05) is 32.0 Å². The van der Waals surface area contributed by atoms with E-state index in [1.54, 1.807) is 24.3 Å². The minimum absolute atomic E-state index is 0.00197. The van der Waals surface area contributed by atoms with Crippen LogP contribution in [0.1, 0.15) is 69.2 Å². The maximum absolute atomic E-state index is 12.7. The van der Waals surface area contributed by atoms with E-state index in [1.165, 1.54) is 18.7 Å². The molecule has 2 atom stereocenters. The second kappa shape index (κ2) is 11.3. The molecule has 0 radical (unpaired) electrons. The Labute approximate surface area is 183 Å². The molecule has 1 amide bonds. The standard InChI is InChI=1S/C22H33N5O2S/c1-7-9-14-27-20(19(8-2)26(5)6)24-25-22(27)30-16(4)21(29)23-18-12-10-17(11-13-18)15(3)28/h10-13,16,19H,7-9,14H2,1-6H3,(H,23,29)/t16-,19+/m0/s1. The van der Waals surface area contributed by atoms with Gasteiger partial charge in [0.25, 0.3) is 0 Å². The van der Waals surface area contributed by atoms with Crippen LogP contribution in [0, 0.1) is 0 Å². The molecule has 0 aliphatic heterocycles. The summed E-state index contributed by atoms with van der Waals surface area (Å²) >= 11 is 1.42. The summed E-state index contributed by atoms with van der Waals surface area (Å²) in [6, 6.07) is 7.12. The van der Waals surface area contributed by atoms with Crippen LogP contribution in [0.5, 0.6) is 0 Å². The number of thioether (sulfide) groups is 1. The first-order valence-electron chi connectivity index (χ1n) is 10.5. The van der Waals surface area contributed by atoms with Crippen LogP contribution in [0.25, 0.3) is 0 Å². The third-order valence-corrected chi connectivity index (χ3v) is 6.08. The molecule has 2 rings (SSSR count). The van der Waals surface area contributed by atoms with Gasteiger partial charge in [-0.25, -0.2) is 0 Å². The van der Waals surface area contributed by atoms with Crippen molar-refractivity contribution in [1.29, 1.82) is 0 Å². The van der Waals surface area contributed by atoms with Crippen molar-refractivity contribution in [3.63, 3.8) is 0 Å². The fourth-order valence-electron chi connectivity index (χ4n) is 3.18. The Morgan fingerprint density at radius 3 is 2.37 bits per heavy atom. The maximum Gasteiger partial charge on any atom is 0.237 e. The fourth-order valence-corrected chi connectivity index (χ4v) is 4.06. The zero-order valence-corrected chi connectivity index (χ0v) is 19.6. The summed E-state index contributed by atoms with van der Waals surface area (Å²) < 4.78 is 2.16. The predicted octanol–water partition coefficient (Wildman–Crippen LogP) is 4.41. The third kappa shape index (κ3) is 6.15. The fraction of sp³-hybridized carbons (Fsp3) is 0.545. The lowest BCUT2D eigenvalue weighted by atomic mass is 10.1. The smallest absolute Gasteiger partial charge is 0.237 e. The monoisotopic (exact) mass is 431 g/mol. The summed E-state index contributed by atoms with van der Waals surface area (Å²) in [5, 5.41) is 12.2. The summed E-state index contributed by atoms with van der Waals surface area (Å²) in [5.74, 6) is 0.842. The molecule has 7 nitrogen and oxygen atoms in total. The van der Waals surface area contributed by atoms with Gasteiger partial charge in [0.15, 0.2) is 16.8 Å². The van der Waals surface area contributed by atoms with Gasteiger partial charge < -0.3 is 9.88 Å². The normalized spacial score (nSPS) is 13.3. The third-order valence-electron chi connectivity index (χ3n) is 5.00. The van der Waals surface area contributed by atoms with Crippen molar-refractivity contribution >= 4 is 29.1 Å². The molecule has 0 bridgehead atoms. The van der Waals surface area contributed by atoms with Crippen LogP contribution < -0.4 is 5.32 Å². The van der Waals surface area contributed by atoms with E-state index in [1.807, 2.05) is 21.0 Å². The highest BCUT2D eigenvalue weighted by Crippen LogP contribution is 2.28. The molecule has 30 heavy (non-hydrogen) atoms. The maximum atomic E-state index is 12.7. The number of carbonyl (C=O) groups excluding carboxylic acids is 2. The number of nitrogens with zero attached hydrogens (tertiary/aromatic N) is 4. The number of amides is 1. The average molecular weight is 432 g/mol. The Bertz CT molecular complexity index is 848. The molecule has 0 aliphatic rings. The Balaban J connectivity index is 2.14. The van der Waals surface area contributed by atoms with Crippen molar-refractivity contribution in [2.24, 2.45) is 0 Å². The van der Waals surface area contributed by atoms with Gasteiger partial charge in [-0.05, 0) is 65.0 Å². The highest BCUT2D eigenvalue weighted by molar-refractivity contribution is 8.00. The van der Waals surface area contributed by atoms with Crippen LogP contribution in [0.15, 0.2) is 29.4 Å². The van der Waals surface area contributed by atoms with E-state index < -0.39 is 0 Å². The molecular formula is C22H33N5O2S. The molecule has 1 heterocycles. The Kier molecular flexibility index (Phi) is 9.05. The molecule has 0 spiro atoms. The molecule has 2 aromatic rings. The van der Waals surface area contributed by atoms with Gasteiger partial charge in [0.2, 0.25) is 5.91 Å². The molecule has 164 valence electrons. The van der Waals surface area contributed by atoms with E-state index in [-0.39, 0.29) is 23.0 Å². The van der Waals surface area contributed by atoms with Crippen LogP contribution in [0.4, 0.5) is 5.69 Å². The summed E-state index contributed by atoms with van der Waals surface area (Å²) in [5.41, 5.74) is 1.29. The lowest BCUT2D eigenvalue weighted by Gasteiger charge is -2.23. The number of carbonyl (C=O) groups is 2. The van der Waals surface area contributed by atoms with Crippen molar-refractivity contribution < 1.29 is 9.59 Å². The molecule has 0 saturated carbocycles. The summed E-state index contributed by atoms with van der Waals surface area (Å²) in [6.45, 7) is 8.53. The highest BCUT2D eigenvalue weighted by atomic mass is 32.2. The summed E-state index contributed by atoms with van der Waals surface area (Å²) in [4.78, 5) is 26.3. The van der Waals surface area contributed by atoms with Crippen molar-refractivity contribution in [1.82, 2.24) is 19.7 Å². The van der Waals surface area contributed by atoms with Crippen LogP contribution in [-0.2, 0) is 11.3 Å². The minimum atomic E-state index is -0.339. The molecule has 0 unspecified atom stereocenters. The molecule has 1 N–H and O–H groups in total. The number of nitrogens with one attached hydrogen (secondary N) is 1. The largest absolute Gasteiger partial charge is 0.325 e. The number of hydrogen-bond donors (Lipinski definition) is 1. The van der Waals surface area contributed by atoms with Gasteiger partial charge in [0, 0.05) is 17.8 Å². The molecular weight excluding hydrogens is 398 g/mol. The second-order valence-electron chi connectivity index (χ2n) is 7.62. The number of aromatic nitrogens is 3. The summed E-state index contributed by atoms with van der Waals surface area (Å²) in [7, 11) is 4.10. The Hall–Kier alpha value is -2.19. The van der Waals surface area contributed by atoms with Crippen LogP contribution in [0.3, 0.4) is 0 Å². The average Bonchev–Trinajstić information content (AvgIpc) is 3.09. The van der Waals surface area contributed by atoms with E-state index in [0.29, 0.717) is 11.3 Å². The van der Waals surface area contributed by atoms with E-state index >= 15 is 0 Å². The van der Waals surface area contributed by atoms with Crippen molar-refractivity contribution in [2.45, 2.75) is 70.0 Å². The molecule has 0 aliphatic carbocycles. The number of hydrogen-bond acceptors (Lipinski definition) is 6. The first-order chi connectivity index (χ1) is 14.3. The van der Waals surface area contributed by atoms with Gasteiger partial charge in [0.1, 0.15) is 0 Å². The first kappa shape index (κ1) is 24.1. The number of anilines is 1. The van der Waals surface area contributed by atoms with Crippen molar-refractivity contribution in [3.8, 4) is 0 Å². The van der Waals surface area contributed by atoms with E-state index in [9.17, 15) is 9.59 Å². The van der Waals surface area contributed by atoms with E-state index in [2.05, 4.69) is 38.8 Å². The Morgan fingerprint density at radius 1 is 1.17 bits per heavy atom. The number of ketones is 1. The predicted molar refractivity (Wildman–Crippen MR) is 122 cm³/mol. The Morgan fingerprint density at radius 2 is 1.83 bits per heavy atom. The lowest BCUT2D eigenvalue weighted by Crippen LogP contribution is -2.24. The van der Waals surface area contributed by atoms with Gasteiger partial charge in [-0.15, -0.1) is 10.2 Å². The quantitative estimate of drug-likeness (QED) is 0.419. The van der Waals surface area contributed by atoms with Crippen molar-refractivity contribution in [3.05, 3.63) is 35.7 Å². The molecule has 1 aromatic carbocycles. The number of Topliss-reactive ketones (excluding diaryl/α,β-unsaturated/α-hetero) is 1. The van der Waals surface area contributed by atoms with Crippen LogP contribution in [0.2, 0.25) is 0 Å². The second-order valence-corrected chi connectivity index (χ2v) is 8.92. The highest BCUT2D eigenvalue weighted by Gasteiger charge is 2.24. The van der Waals surface area contributed by atoms with Gasteiger partial charge in [0.05, 0.1) is 11.3 Å². The first-order valence-corrected chi connectivity index (χ1v) is 11.3. The molecule has 1 aromatic heterocycles. The molecule has 8 heteroatoms. The van der Waals surface area contributed by atoms with Gasteiger partial charge in [-0.2, -0.15) is 0 Å². The zero-order valence-electron chi connectivity index (χ0n) is 18.8. The minimum Gasteiger partial charge on any atom is -0.325 e. The molecule has 0 saturated heterocycles. The van der Waals surface area contributed by atoms with Gasteiger partial charge >= 0.3 is 0 Å². The number of rotatable bonds is 11. The summed E-state index contributed by atoms with van der Waals surface area (Å²) in [6.07, 6.45) is 3.05. The van der Waals surface area contributed by atoms with Crippen LogP contribution >= 0.6 is 11.8 Å². The number of benzene rings is 1. The van der Waals surface area contributed by atoms with E-state index in [4.69, 9.17) is 0 Å². The topological polar surface area (TPSA) is 80.1 Å². The van der Waals surface area contributed by atoms with Crippen molar-refractivity contribution in [2.75, 3.05) is 19.4 Å². The van der Waals surface area contributed by atoms with E-state index in [0.717, 1.165) is 36.8 Å². The lowest BCUT2D eigenvalue weighted by molar-refractivity contribution is -0.115. The van der Waals surface area contributed by atoms with Crippen LogP contribution in [-0.4, -0.2) is 50.7 Å². The zero-order chi connectivity index (χ0) is 22.3.